The molecule has 0 saturated heterocycles. The topological polar surface area (TPSA) is 50.9 Å². The van der Waals surface area contributed by atoms with Gasteiger partial charge in [-0.2, -0.15) is 5.10 Å². The summed E-state index contributed by atoms with van der Waals surface area (Å²) in [5, 5.41) is 14.4. The highest BCUT2D eigenvalue weighted by Gasteiger charge is 2.29. The Morgan fingerprint density at radius 1 is 1.26 bits per heavy atom. The van der Waals surface area contributed by atoms with Crippen molar-refractivity contribution in [3.63, 3.8) is 0 Å². The first-order valence-electron chi connectivity index (χ1n) is 8.12. The summed E-state index contributed by atoms with van der Waals surface area (Å²) in [5.41, 5.74) is 0.725. The van der Waals surface area contributed by atoms with Crippen LogP contribution in [0.4, 0.5) is 8.78 Å². The van der Waals surface area contributed by atoms with E-state index in [0.29, 0.717) is 31.7 Å². The largest absolute Gasteiger partial charge is 0.391 e. The van der Waals surface area contributed by atoms with Gasteiger partial charge in [-0.1, -0.05) is 13.0 Å². The van der Waals surface area contributed by atoms with Gasteiger partial charge in [0.05, 0.1) is 12.6 Å². The van der Waals surface area contributed by atoms with Crippen molar-refractivity contribution >= 4 is 0 Å². The van der Waals surface area contributed by atoms with E-state index in [1.807, 2.05) is 6.92 Å². The van der Waals surface area contributed by atoms with Gasteiger partial charge in [-0.05, 0) is 43.4 Å². The Kier molecular flexibility index (Phi) is 4.71. The van der Waals surface area contributed by atoms with E-state index >= 15 is 0 Å². The summed E-state index contributed by atoms with van der Waals surface area (Å²) in [6.07, 6.45) is 3.57. The van der Waals surface area contributed by atoms with Crippen LogP contribution < -0.4 is 0 Å². The summed E-state index contributed by atoms with van der Waals surface area (Å²) in [6.45, 7) is 2.34. The fourth-order valence-electron chi connectivity index (χ4n) is 2.52. The van der Waals surface area contributed by atoms with Crippen LogP contribution in [0.2, 0.25) is 0 Å². The summed E-state index contributed by atoms with van der Waals surface area (Å²) >= 11 is 0. The Bertz CT molecular complexity index is 682. The summed E-state index contributed by atoms with van der Waals surface area (Å²) in [6, 6.07) is 3.95. The van der Waals surface area contributed by atoms with Gasteiger partial charge >= 0.3 is 0 Å². The molecule has 1 aliphatic carbocycles. The lowest BCUT2D eigenvalue weighted by Gasteiger charge is -2.10. The molecule has 1 N–H and O–H groups in total. The Labute approximate surface area is 134 Å². The molecule has 0 aliphatic heterocycles. The lowest BCUT2D eigenvalue weighted by Crippen LogP contribution is -2.18. The highest BCUT2D eigenvalue weighted by atomic mass is 19.2. The molecule has 1 aromatic carbocycles. The molecule has 1 aromatic heterocycles. The van der Waals surface area contributed by atoms with E-state index < -0.39 is 17.7 Å². The zero-order chi connectivity index (χ0) is 16.4. The van der Waals surface area contributed by atoms with E-state index in [0.717, 1.165) is 36.1 Å². The van der Waals surface area contributed by atoms with Gasteiger partial charge in [-0.25, -0.2) is 18.4 Å². The third-order valence-corrected chi connectivity index (χ3v) is 4.18. The van der Waals surface area contributed by atoms with E-state index in [2.05, 4.69) is 10.1 Å². The lowest BCUT2D eigenvalue weighted by molar-refractivity contribution is 0.143. The van der Waals surface area contributed by atoms with Crippen molar-refractivity contribution in [3.05, 3.63) is 47.0 Å². The number of hydrogen-bond acceptors (Lipinski definition) is 3. The van der Waals surface area contributed by atoms with Gasteiger partial charge in [-0.15, -0.1) is 0 Å². The van der Waals surface area contributed by atoms with Crippen LogP contribution in [0.25, 0.3) is 0 Å². The van der Waals surface area contributed by atoms with Crippen molar-refractivity contribution < 1.29 is 13.9 Å². The second-order valence-corrected chi connectivity index (χ2v) is 6.15. The minimum atomic E-state index is -0.834. The third-order valence-electron chi connectivity index (χ3n) is 4.18. The average molecular weight is 321 g/mol. The van der Waals surface area contributed by atoms with Crippen molar-refractivity contribution in [1.29, 1.82) is 0 Å². The first-order chi connectivity index (χ1) is 11.1. The second-order valence-electron chi connectivity index (χ2n) is 6.15. The van der Waals surface area contributed by atoms with E-state index in [4.69, 9.17) is 0 Å². The number of hydrogen-bond donors (Lipinski definition) is 1. The van der Waals surface area contributed by atoms with Crippen LogP contribution >= 0.6 is 0 Å². The van der Waals surface area contributed by atoms with Gasteiger partial charge in [0, 0.05) is 12.3 Å². The van der Waals surface area contributed by atoms with E-state index in [1.165, 1.54) is 6.07 Å². The monoisotopic (exact) mass is 321 g/mol. The first kappa shape index (κ1) is 16.1. The predicted octanol–water partition coefficient (Wildman–Crippen LogP) is 2.99. The van der Waals surface area contributed by atoms with Crippen LogP contribution in [-0.2, 0) is 19.4 Å². The van der Waals surface area contributed by atoms with Gasteiger partial charge in [0.1, 0.15) is 5.82 Å². The van der Waals surface area contributed by atoms with Crippen LogP contribution in [0.1, 0.15) is 49.3 Å². The summed E-state index contributed by atoms with van der Waals surface area (Å²) < 4.78 is 28.0. The van der Waals surface area contributed by atoms with Crippen molar-refractivity contribution in [2.75, 3.05) is 0 Å². The van der Waals surface area contributed by atoms with E-state index in [1.54, 1.807) is 10.7 Å². The molecule has 0 spiro atoms. The van der Waals surface area contributed by atoms with Crippen molar-refractivity contribution in [1.82, 2.24) is 14.8 Å². The van der Waals surface area contributed by atoms with Crippen LogP contribution in [0.5, 0.6) is 0 Å². The number of halogens is 2. The van der Waals surface area contributed by atoms with Gasteiger partial charge in [0.25, 0.3) is 0 Å². The molecule has 1 heterocycles. The number of benzene rings is 1. The molecule has 1 atom stereocenters. The average Bonchev–Trinajstić information content (AvgIpc) is 3.31. The van der Waals surface area contributed by atoms with Gasteiger partial charge in [0.2, 0.25) is 0 Å². The summed E-state index contributed by atoms with van der Waals surface area (Å²) in [4.78, 5) is 4.59. The molecule has 1 saturated carbocycles. The Balaban J connectivity index is 1.73. The zero-order valence-corrected chi connectivity index (χ0v) is 13.2. The number of rotatable bonds is 7. The smallest absolute Gasteiger partial charge is 0.159 e. The van der Waals surface area contributed by atoms with Gasteiger partial charge in [-0.3, -0.25) is 0 Å². The van der Waals surface area contributed by atoms with Crippen molar-refractivity contribution in [2.45, 2.75) is 57.6 Å². The normalized spacial score (nSPS) is 15.8. The van der Waals surface area contributed by atoms with Crippen molar-refractivity contribution in [2.24, 2.45) is 0 Å². The highest BCUT2D eigenvalue weighted by molar-refractivity contribution is 5.19. The molecule has 0 amide bonds. The van der Waals surface area contributed by atoms with Crippen molar-refractivity contribution in [3.8, 4) is 0 Å². The number of aliphatic hydroxyl groups is 1. The summed E-state index contributed by atoms with van der Waals surface area (Å²) in [7, 11) is 0. The van der Waals surface area contributed by atoms with Crippen LogP contribution in [0, 0.1) is 11.6 Å². The number of nitrogens with zero attached hydrogens (tertiary/aromatic N) is 3. The van der Waals surface area contributed by atoms with Gasteiger partial charge in [0.15, 0.2) is 17.5 Å². The molecular weight excluding hydrogens is 300 g/mol. The molecule has 1 fully saturated rings. The predicted molar refractivity (Wildman–Crippen MR) is 82.1 cm³/mol. The van der Waals surface area contributed by atoms with Gasteiger partial charge < -0.3 is 5.11 Å². The molecule has 0 radical (unpaired) electrons. The maximum absolute atomic E-state index is 13.3. The van der Waals surface area contributed by atoms with Crippen LogP contribution in [0.15, 0.2) is 18.2 Å². The molecule has 0 unspecified atom stereocenters. The zero-order valence-electron chi connectivity index (χ0n) is 13.2. The molecule has 3 rings (SSSR count). The minimum absolute atomic E-state index is 0.420. The van der Waals surface area contributed by atoms with Crippen LogP contribution in [0.3, 0.4) is 0 Å². The summed E-state index contributed by atoms with van der Waals surface area (Å²) in [5.74, 6) is 0.415. The molecule has 2 aromatic rings. The minimum Gasteiger partial charge on any atom is -0.391 e. The Morgan fingerprint density at radius 2 is 2.04 bits per heavy atom. The first-order valence-corrected chi connectivity index (χ1v) is 8.12. The number of aromatic nitrogens is 3. The maximum atomic E-state index is 13.3. The molecule has 4 nitrogen and oxygen atoms in total. The molecule has 124 valence electrons. The quantitative estimate of drug-likeness (QED) is 0.853. The SMILES string of the molecule is CC[C@H](O)Cn1nc(C2CC2)nc1CCc1ccc(F)c(F)c1. The van der Waals surface area contributed by atoms with E-state index in [-0.39, 0.29) is 0 Å². The van der Waals surface area contributed by atoms with E-state index in [9.17, 15) is 13.9 Å². The second kappa shape index (κ2) is 6.74. The third kappa shape index (κ3) is 3.93. The molecule has 23 heavy (non-hydrogen) atoms. The molecule has 0 bridgehead atoms. The Morgan fingerprint density at radius 3 is 2.70 bits per heavy atom. The maximum Gasteiger partial charge on any atom is 0.159 e. The molecule has 6 heteroatoms. The fraction of sp³-hybridized carbons (Fsp3) is 0.529. The standard InChI is InChI=1S/C17H21F2N3O/c1-2-13(23)10-22-16(20-17(21-22)12-5-6-12)8-4-11-3-7-14(18)15(19)9-11/h3,7,9,12-13,23H,2,4-6,8,10H2,1H3/t13-/m0/s1. The molecular formula is C17H21F2N3O. The molecule has 1 aliphatic rings. The van der Waals surface area contributed by atoms with Crippen LogP contribution in [-0.4, -0.2) is 26.0 Å². The Hall–Kier alpha value is -1.82. The lowest BCUT2D eigenvalue weighted by atomic mass is 10.1. The number of aliphatic hydroxyl groups excluding tert-OH is 1. The number of aryl methyl sites for hydroxylation is 2. The highest BCUT2D eigenvalue weighted by Crippen LogP contribution is 2.38. The fourth-order valence-corrected chi connectivity index (χ4v) is 2.52.